The summed E-state index contributed by atoms with van der Waals surface area (Å²) in [6, 6.07) is 3.88. The summed E-state index contributed by atoms with van der Waals surface area (Å²) < 4.78 is 38.8. The molecule has 1 aromatic carbocycles. The van der Waals surface area contributed by atoms with Crippen molar-refractivity contribution in [2.45, 2.75) is 19.5 Å². The Morgan fingerprint density at radius 1 is 1.20 bits per heavy atom. The predicted molar refractivity (Wildman–Crippen MR) is 66.2 cm³/mol. The van der Waals surface area contributed by atoms with Crippen LogP contribution in [-0.4, -0.2) is 29.9 Å². The number of para-hydroxylation sites is 1. The molecule has 0 aromatic heterocycles. The third-order valence-electron chi connectivity index (χ3n) is 2.98. The van der Waals surface area contributed by atoms with Gasteiger partial charge in [0.25, 0.3) is 5.91 Å². The summed E-state index contributed by atoms with van der Waals surface area (Å²) in [6.45, 7) is 1.98. The zero-order valence-corrected chi connectivity index (χ0v) is 10.8. The molecular formula is C13H13F3N2O2. The normalized spacial score (nSPS) is 16.2. The number of urea groups is 1. The maximum Gasteiger partial charge on any atom is 0.418 e. The number of anilines is 1. The van der Waals surface area contributed by atoms with Crippen LogP contribution in [0.25, 0.3) is 0 Å². The fourth-order valence-corrected chi connectivity index (χ4v) is 2.14. The molecule has 108 valence electrons. The molecule has 1 saturated heterocycles. The van der Waals surface area contributed by atoms with Gasteiger partial charge in [-0.25, -0.2) is 9.69 Å². The van der Waals surface area contributed by atoms with E-state index in [0.29, 0.717) is 17.9 Å². The Morgan fingerprint density at radius 3 is 2.45 bits per heavy atom. The highest BCUT2D eigenvalue weighted by Gasteiger charge is 2.42. The second-order valence-corrected chi connectivity index (χ2v) is 4.45. The van der Waals surface area contributed by atoms with E-state index in [4.69, 9.17) is 0 Å². The van der Waals surface area contributed by atoms with Crippen molar-refractivity contribution in [1.29, 1.82) is 0 Å². The van der Waals surface area contributed by atoms with E-state index in [0.717, 1.165) is 12.1 Å². The molecule has 1 fully saturated rings. The highest BCUT2D eigenvalue weighted by Crippen LogP contribution is 2.37. The Hall–Kier alpha value is -2.05. The van der Waals surface area contributed by atoms with Gasteiger partial charge in [-0.3, -0.25) is 4.79 Å². The van der Waals surface area contributed by atoms with Crippen molar-refractivity contribution in [1.82, 2.24) is 4.90 Å². The molecule has 0 saturated carbocycles. The van der Waals surface area contributed by atoms with Crippen LogP contribution in [0.4, 0.5) is 23.7 Å². The van der Waals surface area contributed by atoms with Gasteiger partial charge in [-0.1, -0.05) is 19.1 Å². The van der Waals surface area contributed by atoms with Crippen molar-refractivity contribution in [3.8, 4) is 0 Å². The molecule has 0 N–H and O–H groups in total. The van der Waals surface area contributed by atoms with Crippen molar-refractivity contribution in [3.63, 3.8) is 0 Å². The highest BCUT2D eigenvalue weighted by molar-refractivity contribution is 6.20. The highest BCUT2D eigenvalue weighted by atomic mass is 19.4. The zero-order chi connectivity index (χ0) is 14.9. The van der Waals surface area contributed by atoms with E-state index in [2.05, 4.69) is 0 Å². The average molecular weight is 286 g/mol. The minimum absolute atomic E-state index is 0.182. The lowest BCUT2D eigenvalue weighted by Crippen LogP contribution is -2.34. The van der Waals surface area contributed by atoms with Crippen molar-refractivity contribution in [3.05, 3.63) is 29.8 Å². The molecule has 0 unspecified atom stereocenters. The summed E-state index contributed by atoms with van der Waals surface area (Å²) in [6.07, 6.45) is -3.98. The number of carbonyl (C=O) groups is 2. The molecule has 0 radical (unpaired) electrons. The van der Waals surface area contributed by atoms with E-state index < -0.39 is 29.4 Å². The zero-order valence-electron chi connectivity index (χ0n) is 10.8. The van der Waals surface area contributed by atoms with Crippen molar-refractivity contribution in [2.75, 3.05) is 18.0 Å². The van der Waals surface area contributed by atoms with Crippen LogP contribution in [0.3, 0.4) is 0 Å². The third-order valence-corrected chi connectivity index (χ3v) is 2.98. The van der Waals surface area contributed by atoms with Crippen LogP contribution < -0.4 is 4.90 Å². The van der Waals surface area contributed by atoms with Gasteiger partial charge < -0.3 is 4.90 Å². The van der Waals surface area contributed by atoms with Crippen LogP contribution in [0.15, 0.2) is 24.3 Å². The first-order chi connectivity index (χ1) is 9.36. The Morgan fingerprint density at radius 2 is 1.85 bits per heavy atom. The number of amides is 3. The van der Waals surface area contributed by atoms with Crippen LogP contribution in [0, 0.1) is 0 Å². The van der Waals surface area contributed by atoms with E-state index in [1.54, 1.807) is 0 Å². The first-order valence-electron chi connectivity index (χ1n) is 6.14. The summed E-state index contributed by atoms with van der Waals surface area (Å²) >= 11 is 0. The minimum Gasteiger partial charge on any atom is -0.315 e. The van der Waals surface area contributed by atoms with E-state index in [9.17, 15) is 22.8 Å². The smallest absolute Gasteiger partial charge is 0.315 e. The number of hydrogen-bond acceptors (Lipinski definition) is 2. The van der Waals surface area contributed by atoms with Crippen LogP contribution >= 0.6 is 0 Å². The van der Waals surface area contributed by atoms with Gasteiger partial charge in [-0.2, -0.15) is 13.2 Å². The van der Waals surface area contributed by atoms with E-state index in [1.807, 2.05) is 6.92 Å². The Bertz CT molecular complexity index is 543. The number of alkyl halides is 3. The van der Waals surface area contributed by atoms with Crippen molar-refractivity contribution in [2.24, 2.45) is 0 Å². The van der Waals surface area contributed by atoms with Gasteiger partial charge in [-0.15, -0.1) is 0 Å². The van der Waals surface area contributed by atoms with E-state index in [-0.39, 0.29) is 6.54 Å². The topological polar surface area (TPSA) is 40.6 Å². The fraction of sp³-hybridized carbons (Fsp3) is 0.385. The second kappa shape index (κ2) is 5.15. The second-order valence-electron chi connectivity index (χ2n) is 4.45. The van der Waals surface area contributed by atoms with Crippen LogP contribution in [0.1, 0.15) is 18.9 Å². The van der Waals surface area contributed by atoms with Gasteiger partial charge in [0, 0.05) is 6.54 Å². The number of imide groups is 1. The van der Waals surface area contributed by atoms with E-state index in [1.165, 1.54) is 17.0 Å². The SMILES string of the molecule is CCCN1CC(=O)N(c2ccccc2C(F)(F)F)C1=O. The van der Waals surface area contributed by atoms with Crippen LogP contribution in [0.5, 0.6) is 0 Å². The van der Waals surface area contributed by atoms with Crippen LogP contribution in [0.2, 0.25) is 0 Å². The number of nitrogens with zero attached hydrogens (tertiary/aromatic N) is 2. The lowest BCUT2D eigenvalue weighted by Gasteiger charge is -2.20. The molecule has 1 aliphatic heterocycles. The largest absolute Gasteiger partial charge is 0.418 e. The molecule has 20 heavy (non-hydrogen) atoms. The molecule has 1 heterocycles. The predicted octanol–water partition coefficient (Wildman–Crippen LogP) is 2.88. The molecule has 1 aromatic rings. The maximum absolute atomic E-state index is 12.9. The standard InChI is InChI=1S/C13H13F3N2O2/c1-2-7-17-8-11(19)18(12(17)20)10-6-4-3-5-9(10)13(14,15)16/h3-6H,2,7-8H2,1H3. The van der Waals surface area contributed by atoms with Gasteiger partial charge in [0.15, 0.2) is 0 Å². The summed E-state index contributed by atoms with van der Waals surface area (Å²) in [5.74, 6) is -0.639. The molecule has 0 spiro atoms. The summed E-state index contributed by atoms with van der Waals surface area (Å²) in [5, 5.41) is 0. The number of hydrogen-bond donors (Lipinski definition) is 0. The number of benzene rings is 1. The summed E-state index contributed by atoms with van der Waals surface area (Å²) in [5.41, 5.74) is -1.39. The minimum atomic E-state index is -4.62. The molecule has 4 nitrogen and oxygen atoms in total. The molecule has 3 amide bonds. The van der Waals surface area contributed by atoms with E-state index >= 15 is 0 Å². The van der Waals surface area contributed by atoms with Gasteiger partial charge in [0.1, 0.15) is 6.54 Å². The van der Waals surface area contributed by atoms with Crippen LogP contribution in [-0.2, 0) is 11.0 Å². The Balaban J connectivity index is 2.42. The molecular weight excluding hydrogens is 273 g/mol. The molecule has 2 rings (SSSR count). The first kappa shape index (κ1) is 14.4. The lowest BCUT2D eigenvalue weighted by molar-refractivity contribution is -0.137. The quantitative estimate of drug-likeness (QED) is 0.802. The third kappa shape index (κ3) is 2.48. The fourth-order valence-electron chi connectivity index (χ4n) is 2.14. The summed E-state index contributed by atoms with van der Waals surface area (Å²) in [7, 11) is 0. The lowest BCUT2D eigenvalue weighted by atomic mass is 10.1. The first-order valence-corrected chi connectivity index (χ1v) is 6.14. The maximum atomic E-state index is 12.9. The van der Waals surface area contributed by atoms with Gasteiger partial charge in [0.2, 0.25) is 0 Å². The number of carbonyl (C=O) groups excluding carboxylic acids is 2. The molecule has 1 aliphatic rings. The van der Waals surface area contributed by atoms with Gasteiger partial charge in [0.05, 0.1) is 11.3 Å². The van der Waals surface area contributed by atoms with Crippen molar-refractivity contribution < 1.29 is 22.8 Å². The molecule has 7 heteroatoms. The van der Waals surface area contributed by atoms with Crippen molar-refractivity contribution >= 4 is 17.6 Å². The van der Waals surface area contributed by atoms with Gasteiger partial charge in [-0.05, 0) is 18.6 Å². The molecule has 0 bridgehead atoms. The monoisotopic (exact) mass is 286 g/mol. The number of halogens is 3. The molecule has 0 atom stereocenters. The summed E-state index contributed by atoms with van der Waals surface area (Å²) in [4.78, 5) is 25.7. The average Bonchev–Trinajstić information content (AvgIpc) is 2.64. The Kier molecular flexibility index (Phi) is 3.69. The molecule has 0 aliphatic carbocycles. The Labute approximate surface area is 113 Å². The van der Waals surface area contributed by atoms with Gasteiger partial charge >= 0.3 is 12.2 Å². The number of rotatable bonds is 3.